The molecule has 0 aliphatic rings. The van der Waals surface area contributed by atoms with Gasteiger partial charge in [-0.05, 0) is 37.7 Å². The first-order valence-corrected chi connectivity index (χ1v) is 6.81. The fraction of sp³-hybridized carbons (Fsp3) is 0.385. The van der Waals surface area contributed by atoms with Crippen LogP contribution in [0, 0.1) is 0 Å². The van der Waals surface area contributed by atoms with E-state index >= 15 is 0 Å². The van der Waals surface area contributed by atoms with Gasteiger partial charge in [-0.2, -0.15) is 0 Å². The Hall–Kier alpha value is -1.10. The summed E-state index contributed by atoms with van der Waals surface area (Å²) in [6, 6.07) is 5.76. The van der Waals surface area contributed by atoms with Gasteiger partial charge in [0.25, 0.3) is 0 Å². The first-order valence-electron chi connectivity index (χ1n) is 6.05. The molecule has 1 aromatic heterocycles. The molecule has 0 aliphatic heterocycles. The highest BCUT2D eigenvalue weighted by atomic mass is 35.5. The normalized spacial score (nSPS) is 12.9. The molecule has 0 saturated heterocycles. The number of halogens is 2. The summed E-state index contributed by atoms with van der Waals surface area (Å²) in [5, 5.41) is 9.02. The lowest BCUT2D eigenvalue weighted by molar-refractivity contribution is 0.251. The van der Waals surface area contributed by atoms with Gasteiger partial charge in [0.2, 0.25) is 0 Å². The highest BCUT2D eigenvalue weighted by molar-refractivity contribution is 6.33. The number of hydrogen-bond donors (Lipinski definition) is 0. The van der Waals surface area contributed by atoms with Crippen molar-refractivity contribution >= 4 is 23.2 Å². The second-order valence-electron chi connectivity index (χ2n) is 4.52. The Bertz CT molecular complexity index is 527. The largest absolute Gasteiger partial charge is 0.319 e. The summed E-state index contributed by atoms with van der Waals surface area (Å²) >= 11 is 12.3. The summed E-state index contributed by atoms with van der Waals surface area (Å²) in [5.41, 5.74) is 1.04. The van der Waals surface area contributed by atoms with Crippen molar-refractivity contribution in [3.05, 3.63) is 46.5 Å². The maximum atomic E-state index is 6.22. The van der Waals surface area contributed by atoms with E-state index in [0.717, 1.165) is 23.7 Å². The lowest BCUT2D eigenvalue weighted by atomic mass is 10.1. The van der Waals surface area contributed by atoms with Crippen molar-refractivity contribution in [2.75, 3.05) is 13.6 Å². The summed E-state index contributed by atoms with van der Waals surface area (Å²) in [5.74, 6) is 0. The molecule has 6 heteroatoms. The number of benzene rings is 1. The van der Waals surface area contributed by atoms with Gasteiger partial charge in [0.05, 0.1) is 0 Å². The Morgan fingerprint density at radius 3 is 2.63 bits per heavy atom. The average molecular weight is 299 g/mol. The van der Waals surface area contributed by atoms with Crippen molar-refractivity contribution in [2.45, 2.75) is 19.5 Å². The van der Waals surface area contributed by atoms with Gasteiger partial charge in [-0.15, -0.1) is 10.2 Å². The standard InChI is InChI=1S/C13H16Cl2N4/c1-10(12-7-11(14)3-4-13(12)15)18(2)5-6-19-8-16-17-9-19/h3-4,7-10H,5-6H2,1-2H3. The van der Waals surface area contributed by atoms with Crippen LogP contribution in [0.15, 0.2) is 30.9 Å². The van der Waals surface area contributed by atoms with E-state index in [0.29, 0.717) is 5.02 Å². The molecule has 2 aromatic rings. The van der Waals surface area contributed by atoms with Gasteiger partial charge in [-0.25, -0.2) is 0 Å². The maximum absolute atomic E-state index is 6.22. The first-order chi connectivity index (χ1) is 9.08. The smallest absolute Gasteiger partial charge is 0.119 e. The molecule has 0 bridgehead atoms. The van der Waals surface area contributed by atoms with Gasteiger partial charge in [-0.3, -0.25) is 4.90 Å². The zero-order valence-corrected chi connectivity index (χ0v) is 12.4. The zero-order chi connectivity index (χ0) is 13.8. The first kappa shape index (κ1) is 14.3. The van der Waals surface area contributed by atoms with Crippen molar-refractivity contribution in [3.8, 4) is 0 Å². The van der Waals surface area contributed by atoms with Crippen LogP contribution in [0.25, 0.3) is 0 Å². The second-order valence-corrected chi connectivity index (χ2v) is 5.37. The predicted molar refractivity (Wildman–Crippen MR) is 77.5 cm³/mol. The SMILES string of the molecule is CC(c1cc(Cl)ccc1Cl)N(C)CCn1cnnc1. The molecule has 1 aromatic carbocycles. The molecule has 0 aliphatic carbocycles. The van der Waals surface area contributed by atoms with Crippen LogP contribution in [0.4, 0.5) is 0 Å². The third kappa shape index (κ3) is 3.69. The van der Waals surface area contributed by atoms with Gasteiger partial charge >= 0.3 is 0 Å². The third-order valence-electron chi connectivity index (χ3n) is 3.25. The Morgan fingerprint density at radius 1 is 1.26 bits per heavy atom. The Balaban J connectivity index is 2.01. The number of nitrogens with zero attached hydrogens (tertiary/aromatic N) is 4. The molecule has 0 saturated carbocycles. The number of hydrogen-bond acceptors (Lipinski definition) is 3. The van der Waals surface area contributed by atoms with Gasteiger partial charge in [0.15, 0.2) is 0 Å². The summed E-state index contributed by atoms with van der Waals surface area (Å²) < 4.78 is 1.95. The van der Waals surface area contributed by atoms with E-state index in [-0.39, 0.29) is 6.04 Å². The van der Waals surface area contributed by atoms with Crippen LogP contribution in [0.3, 0.4) is 0 Å². The lowest BCUT2D eigenvalue weighted by Gasteiger charge is -2.26. The molecule has 1 atom stereocenters. The zero-order valence-electron chi connectivity index (χ0n) is 10.9. The quantitative estimate of drug-likeness (QED) is 0.849. The molecule has 0 fully saturated rings. The molecule has 1 unspecified atom stereocenters. The van der Waals surface area contributed by atoms with Crippen LogP contribution in [0.2, 0.25) is 10.0 Å². The highest BCUT2D eigenvalue weighted by Gasteiger charge is 2.15. The van der Waals surface area contributed by atoms with Crippen LogP contribution in [-0.4, -0.2) is 33.3 Å². The molecular formula is C13H16Cl2N4. The van der Waals surface area contributed by atoms with Crippen molar-refractivity contribution in [3.63, 3.8) is 0 Å². The van der Waals surface area contributed by atoms with Crippen molar-refractivity contribution in [1.82, 2.24) is 19.7 Å². The van der Waals surface area contributed by atoms with Crippen molar-refractivity contribution < 1.29 is 0 Å². The van der Waals surface area contributed by atoms with E-state index in [9.17, 15) is 0 Å². The summed E-state index contributed by atoms with van der Waals surface area (Å²) in [4.78, 5) is 2.22. The van der Waals surface area contributed by atoms with E-state index in [2.05, 4.69) is 29.1 Å². The van der Waals surface area contributed by atoms with Crippen molar-refractivity contribution in [2.24, 2.45) is 0 Å². The monoisotopic (exact) mass is 298 g/mol. The van der Waals surface area contributed by atoms with E-state index in [1.54, 1.807) is 18.7 Å². The van der Waals surface area contributed by atoms with Crippen LogP contribution in [0.5, 0.6) is 0 Å². The fourth-order valence-corrected chi connectivity index (χ4v) is 2.33. The lowest BCUT2D eigenvalue weighted by Crippen LogP contribution is -2.26. The molecule has 1 heterocycles. The molecule has 0 radical (unpaired) electrons. The number of likely N-dealkylation sites (N-methyl/N-ethyl adjacent to an activating group) is 1. The Morgan fingerprint density at radius 2 is 1.95 bits per heavy atom. The number of aromatic nitrogens is 3. The summed E-state index contributed by atoms with van der Waals surface area (Å²) in [6.07, 6.45) is 3.43. The molecule has 0 spiro atoms. The van der Waals surface area contributed by atoms with E-state index < -0.39 is 0 Å². The summed E-state index contributed by atoms with van der Waals surface area (Å²) in [6.45, 7) is 3.83. The maximum Gasteiger partial charge on any atom is 0.119 e. The van der Waals surface area contributed by atoms with Crippen LogP contribution < -0.4 is 0 Å². The third-order valence-corrected chi connectivity index (χ3v) is 3.83. The fourth-order valence-electron chi connectivity index (χ4n) is 1.88. The minimum atomic E-state index is 0.197. The molecule has 4 nitrogen and oxygen atoms in total. The average Bonchev–Trinajstić information content (AvgIpc) is 2.91. The van der Waals surface area contributed by atoms with Gasteiger partial charge < -0.3 is 4.57 Å². The minimum Gasteiger partial charge on any atom is -0.319 e. The van der Waals surface area contributed by atoms with E-state index in [4.69, 9.17) is 23.2 Å². The Kier molecular flexibility index (Phi) is 4.80. The van der Waals surface area contributed by atoms with Crippen LogP contribution >= 0.6 is 23.2 Å². The Labute approximate surface area is 123 Å². The van der Waals surface area contributed by atoms with Gasteiger partial charge in [-0.1, -0.05) is 23.2 Å². The predicted octanol–water partition coefficient (Wildman–Crippen LogP) is 3.28. The van der Waals surface area contributed by atoms with E-state index in [1.165, 1.54) is 0 Å². The molecule has 19 heavy (non-hydrogen) atoms. The molecule has 2 rings (SSSR count). The molecule has 102 valence electrons. The second kappa shape index (κ2) is 6.37. The topological polar surface area (TPSA) is 34.0 Å². The molecule has 0 amide bonds. The molecular weight excluding hydrogens is 283 g/mol. The van der Waals surface area contributed by atoms with Crippen LogP contribution in [-0.2, 0) is 6.54 Å². The highest BCUT2D eigenvalue weighted by Crippen LogP contribution is 2.29. The number of rotatable bonds is 5. The molecule has 0 N–H and O–H groups in total. The van der Waals surface area contributed by atoms with Crippen LogP contribution in [0.1, 0.15) is 18.5 Å². The minimum absolute atomic E-state index is 0.197. The van der Waals surface area contributed by atoms with Gasteiger partial charge in [0, 0.05) is 29.2 Å². The summed E-state index contributed by atoms with van der Waals surface area (Å²) in [7, 11) is 2.06. The van der Waals surface area contributed by atoms with Gasteiger partial charge in [0.1, 0.15) is 12.7 Å². The van der Waals surface area contributed by atoms with Crippen molar-refractivity contribution in [1.29, 1.82) is 0 Å². The van der Waals surface area contributed by atoms with E-state index in [1.807, 2.05) is 16.7 Å².